The predicted octanol–water partition coefficient (Wildman–Crippen LogP) is 3.38. The van der Waals surface area contributed by atoms with Gasteiger partial charge in [0.15, 0.2) is 23.8 Å². The molecule has 3 rings (SSSR count). The van der Waals surface area contributed by atoms with E-state index in [2.05, 4.69) is 9.73 Å². The molecule has 0 saturated carbocycles. The third-order valence-electron chi connectivity index (χ3n) is 3.83. The Balaban J connectivity index is 1.89. The number of benzene rings is 2. The van der Waals surface area contributed by atoms with E-state index in [0.29, 0.717) is 11.1 Å². The van der Waals surface area contributed by atoms with Crippen molar-refractivity contribution >= 4 is 35.5 Å². The van der Waals surface area contributed by atoms with Crippen LogP contribution in [0.4, 0.5) is 4.39 Å². The van der Waals surface area contributed by atoms with Gasteiger partial charge in [0.2, 0.25) is 5.90 Å². The molecular formula is C20H15ClFNO6. The SMILES string of the molecule is COC(=O)COc1c(Cl)cc(/C=C2/N=C(c3ccc(F)cc3)OC2=O)cc1OC. The number of cyclic esters (lactones) is 1. The molecule has 1 aliphatic heterocycles. The molecular weight excluding hydrogens is 405 g/mol. The number of nitrogens with zero attached hydrogens (tertiary/aromatic N) is 1. The molecule has 0 bridgehead atoms. The summed E-state index contributed by atoms with van der Waals surface area (Å²) in [7, 11) is 2.64. The summed E-state index contributed by atoms with van der Waals surface area (Å²) in [5.41, 5.74) is 0.990. The van der Waals surface area contributed by atoms with Gasteiger partial charge in [0, 0.05) is 5.56 Å². The molecule has 0 unspecified atom stereocenters. The normalized spacial score (nSPS) is 14.4. The van der Waals surface area contributed by atoms with Gasteiger partial charge in [-0.1, -0.05) is 11.6 Å². The van der Waals surface area contributed by atoms with Crippen LogP contribution in [0.5, 0.6) is 11.5 Å². The van der Waals surface area contributed by atoms with Crippen LogP contribution >= 0.6 is 11.6 Å². The molecule has 150 valence electrons. The van der Waals surface area contributed by atoms with Crippen LogP contribution in [-0.2, 0) is 19.1 Å². The van der Waals surface area contributed by atoms with Gasteiger partial charge in [-0.2, -0.15) is 0 Å². The summed E-state index contributed by atoms with van der Waals surface area (Å²) < 4.78 is 33.3. The highest BCUT2D eigenvalue weighted by atomic mass is 35.5. The van der Waals surface area contributed by atoms with Crippen LogP contribution in [0.3, 0.4) is 0 Å². The highest BCUT2D eigenvalue weighted by Gasteiger charge is 2.24. The van der Waals surface area contributed by atoms with Gasteiger partial charge < -0.3 is 18.9 Å². The van der Waals surface area contributed by atoms with Gasteiger partial charge in [-0.15, -0.1) is 0 Å². The van der Waals surface area contributed by atoms with E-state index in [0.717, 1.165) is 0 Å². The van der Waals surface area contributed by atoms with Crippen molar-refractivity contribution in [1.82, 2.24) is 0 Å². The molecule has 7 nitrogen and oxygen atoms in total. The molecule has 29 heavy (non-hydrogen) atoms. The van der Waals surface area contributed by atoms with Gasteiger partial charge >= 0.3 is 11.9 Å². The third-order valence-corrected chi connectivity index (χ3v) is 4.11. The van der Waals surface area contributed by atoms with Crippen LogP contribution in [0, 0.1) is 5.82 Å². The standard InChI is InChI=1S/C20H15ClFNO6/c1-26-16-9-11(7-14(21)18(16)28-10-17(24)27-2)8-15-20(25)29-19(23-15)12-3-5-13(22)6-4-12/h3-9H,10H2,1-2H3/b15-8+. The van der Waals surface area contributed by atoms with Gasteiger partial charge in [-0.3, -0.25) is 0 Å². The second-order valence-corrected chi connectivity index (χ2v) is 6.15. The molecule has 1 aliphatic rings. The van der Waals surface area contributed by atoms with Crippen LogP contribution in [0.2, 0.25) is 5.02 Å². The van der Waals surface area contributed by atoms with Crippen LogP contribution in [-0.4, -0.2) is 38.7 Å². The lowest BCUT2D eigenvalue weighted by atomic mass is 10.1. The molecule has 0 radical (unpaired) electrons. The number of rotatable bonds is 6. The monoisotopic (exact) mass is 419 g/mol. The molecule has 0 aliphatic carbocycles. The number of esters is 2. The summed E-state index contributed by atoms with van der Waals surface area (Å²) in [5.74, 6) is -1.17. The average molecular weight is 420 g/mol. The molecule has 0 N–H and O–H groups in total. The van der Waals surface area contributed by atoms with Crippen LogP contribution in [0.25, 0.3) is 6.08 Å². The number of halogens is 2. The predicted molar refractivity (Wildman–Crippen MR) is 103 cm³/mol. The Hall–Kier alpha value is -3.39. The minimum Gasteiger partial charge on any atom is -0.493 e. The van der Waals surface area contributed by atoms with E-state index in [-0.39, 0.29) is 34.7 Å². The van der Waals surface area contributed by atoms with Crippen molar-refractivity contribution in [3.05, 3.63) is 64.1 Å². The third kappa shape index (κ3) is 4.72. The lowest BCUT2D eigenvalue weighted by Gasteiger charge is -2.12. The number of methoxy groups -OCH3 is 2. The lowest BCUT2D eigenvalue weighted by Crippen LogP contribution is -2.13. The Morgan fingerprint density at radius 1 is 1.24 bits per heavy atom. The fourth-order valence-corrected chi connectivity index (χ4v) is 2.71. The van der Waals surface area contributed by atoms with E-state index in [4.69, 9.17) is 25.8 Å². The quantitative estimate of drug-likeness (QED) is 0.527. The first kappa shape index (κ1) is 20.3. The van der Waals surface area contributed by atoms with Gasteiger partial charge in [0.25, 0.3) is 0 Å². The summed E-state index contributed by atoms with van der Waals surface area (Å²) >= 11 is 6.23. The maximum absolute atomic E-state index is 13.1. The van der Waals surface area contributed by atoms with Crippen LogP contribution in [0.1, 0.15) is 11.1 Å². The Bertz CT molecular complexity index is 1020. The van der Waals surface area contributed by atoms with E-state index in [1.807, 2.05) is 0 Å². The number of ether oxygens (including phenoxy) is 4. The second-order valence-electron chi connectivity index (χ2n) is 5.74. The number of aliphatic imine (C=N–C) groups is 1. The molecule has 0 spiro atoms. The van der Waals surface area contributed by atoms with Gasteiger partial charge in [0.1, 0.15) is 5.82 Å². The molecule has 0 amide bonds. The minimum atomic E-state index is -0.662. The number of carbonyl (C=O) groups excluding carboxylic acids is 2. The fourth-order valence-electron chi connectivity index (χ4n) is 2.44. The zero-order valence-corrected chi connectivity index (χ0v) is 16.2. The van der Waals surface area contributed by atoms with Crippen molar-refractivity contribution in [2.24, 2.45) is 4.99 Å². The van der Waals surface area contributed by atoms with Crippen molar-refractivity contribution in [2.45, 2.75) is 0 Å². The molecule has 0 atom stereocenters. The summed E-state index contributed by atoms with van der Waals surface area (Å²) in [5, 5.41) is 0.161. The maximum atomic E-state index is 13.1. The highest BCUT2D eigenvalue weighted by Crippen LogP contribution is 2.37. The Labute approximate surface area is 170 Å². The number of carbonyl (C=O) groups is 2. The molecule has 2 aromatic rings. The largest absolute Gasteiger partial charge is 0.493 e. The van der Waals surface area contributed by atoms with E-state index in [1.165, 1.54) is 50.6 Å². The van der Waals surface area contributed by atoms with Crippen molar-refractivity contribution in [2.75, 3.05) is 20.8 Å². The van der Waals surface area contributed by atoms with Crippen molar-refractivity contribution in [3.8, 4) is 11.5 Å². The van der Waals surface area contributed by atoms with Crippen LogP contribution in [0.15, 0.2) is 47.1 Å². The van der Waals surface area contributed by atoms with Gasteiger partial charge in [-0.05, 0) is 48.0 Å². The summed E-state index contributed by atoms with van der Waals surface area (Å²) in [6, 6.07) is 8.47. The minimum absolute atomic E-state index is 0.0330. The Morgan fingerprint density at radius 3 is 2.62 bits per heavy atom. The Kier molecular flexibility index (Phi) is 6.13. The molecule has 1 heterocycles. The van der Waals surface area contributed by atoms with Crippen molar-refractivity contribution in [1.29, 1.82) is 0 Å². The average Bonchev–Trinajstić information content (AvgIpc) is 3.07. The first-order valence-corrected chi connectivity index (χ1v) is 8.64. The topological polar surface area (TPSA) is 83.4 Å². The van der Waals surface area contributed by atoms with Crippen LogP contribution < -0.4 is 9.47 Å². The summed E-state index contributed by atoms with van der Waals surface area (Å²) in [6.07, 6.45) is 1.46. The van der Waals surface area contributed by atoms with Crippen molar-refractivity contribution < 1.29 is 32.9 Å². The van der Waals surface area contributed by atoms with E-state index >= 15 is 0 Å². The molecule has 0 saturated heterocycles. The number of hydrogen-bond acceptors (Lipinski definition) is 7. The second kappa shape index (κ2) is 8.74. The number of hydrogen-bond donors (Lipinski definition) is 0. The zero-order valence-electron chi connectivity index (χ0n) is 15.4. The van der Waals surface area contributed by atoms with Gasteiger partial charge in [-0.25, -0.2) is 19.0 Å². The highest BCUT2D eigenvalue weighted by molar-refractivity contribution is 6.32. The fraction of sp³-hybridized carbons (Fsp3) is 0.150. The zero-order chi connectivity index (χ0) is 21.0. The summed E-state index contributed by atoms with van der Waals surface area (Å²) in [4.78, 5) is 27.5. The van der Waals surface area contributed by atoms with E-state index in [9.17, 15) is 14.0 Å². The maximum Gasteiger partial charge on any atom is 0.363 e. The van der Waals surface area contributed by atoms with Crippen molar-refractivity contribution in [3.63, 3.8) is 0 Å². The van der Waals surface area contributed by atoms with E-state index < -0.39 is 17.8 Å². The first-order chi connectivity index (χ1) is 13.9. The smallest absolute Gasteiger partial charge is 0.363 e. The van der Waals surface area contributed by atoms with E-state index in [1.54, 1.807) is 6.07 Å². The Morgan fingerprint density at radius 2 is 1.97 bits per heavy atom. The molecule has 2 aromatic carbocycles. The molecule has 0 fully saturated rings. The lowest BCUT2D eigenvalue weighted by molar-refractivity contribution is -0.143. The summed E-state index contributed by atoms with van der Waals surface area (Å²) in [6.45, 7) is -0.343. The first-order valence-electron chi connectivity index (χ1n) is 8.27. The van der Waals surface area contributed by atoms with Gasteiger partial charge in [0.05, 0.1) is 19.2 Å². The molecule has 9 heteroatoms. The molecule has 0 aromatic heterocycles.